The lowest BCUT2D eigenvalue weighted by atomic mass is 9.82. The van der Waals surface area contributed by atoms with Gasteiger partial charge in [-0.2, -0.15) is 0 Å². The van der Waals surface area contributed by atoms with Crippen molar-refractivity contribution >= 4 is 162 Å². The first-order valence-corrected chi connectivity index (χ1v) is 52.1. The lowest BCUT2D eigenvalue weighted by molar-refractivity contribution is 1.61. The Kier molecular flexibility index (Phi) is 22.1. The maximum absolute atomic E-state index is 2.46. The minimum Gasteiger partial charge on any atom is -0.0622 e. The van der Waals surface area contributed by atoms with Gasteiger partial charge in [0.2, 0.25) is 0 Å². The maximum atomic E-state index is 2.46. The average Bonchev–Trinajstić information content (AvgIpc) is 0.719. The second-order valence-corrected chi connectivity index (χ2v) is 39.6. The fourth-order valence-corrected chi connectivity index (χ4v) is 24.6. The van der Waals surface area contributed by atoms with E-state index in [0.29, 0.717) is 0 Å². The minimum atomic E-state index is 1.22. The average molecular weight is 1900 g/mol. The molecule has 0 fully saturated rings. The lowest BCUT2D eigenvalue weighted by Gasteiger charge is -2.21. The van der Waals surface area contributed by atoms with Gasteiger partial charge in [-0.05, 0) is 338 Å². The molecule has 0 N–H and O–H groups in total. The molecule has 30 aromatic rings. The smallest absolute Gasteiger partial charge is 0.00259 e. The van der Waals surface area contributed by atoms with Gasteiger partial charge in [0.25, 0.3) is 0 Å². The summed E-state index contributed by atoms with van der Waals surface area (Å²) in [7, 11) is 0. The van der Waals surface area contributed by atoms with E-state index in [0.717, 1.165) is 0 Å². The summed E-state index contributed by atoms with van der Waals surface area (Å²) in [5.41, 5.74) is 30.0. The zero-order chi connectivity index (χ0) is 99.1. The van der Waals surface area contributed by atoms with Gasteiger partial charge >= 0.3 is 0 Å². The Morgan fingerprint density at radius 2 is 0.233 bits per heavy atom. The van der Waals surface area contributed by atoms with Crippen molar-refractivity contribution in [2.45, 2.75) is 0 Å². The van der Waals surface area contributed by atoms with E-state index in [4.69, 9.17) is 0 Å². The quantitative estimate of drug-likeness (QED) is 0.0845. The van der Waals surface area contributed by atoms with E-state index < -0.39 is 0 Å². The third-order valence-electron chi connectivity index (χ3n) is 31.2. The predicted molar refractivity (Wildman–Crippen MR) is 647 cm³/mol. The monoisotopic (exact) mass is 1900 g/mol. The first-order chi connectivity index (χ1) is 74.5. The normalized spacial score (nSPS) is 11.6. The van der Waals surface area contributed by atoms with Gasteiger partial charge in [0, 0.05) is 0 Å². The molecule has 0 spiro atoms. The number of hydrogen-bond acceptors (Lipinski definition) is 0. The number of benzene rings is 30. The van der Waals surface area contributed by atoms with Crippen LogP contribution in [0.25, 0.3) is 295 Å². The second-order valence-electron chi connectivity index (χ2n) is 39.6. The van der Waals surface area contributed by atoms with Crippen LogP contribution in [0.4, 0.5) is 0 Å². The molecular formula is C150H96. The van der Waals surface area contributed by atoms with E-state index in [1.165, 1.54) is 295 Å². The molecule has 0 nitrogen and oxygen atoms in total. The van der Waals surface area contributed by atoms with Crippen LogP contribution in [0.1, 0.15) is 0 Å². The molecule has 0 saturated heterocycles. The highest BCUT2D eigenvalue weighted by atomic mass is 14.3. The van der Waals surface area contributed by atoms with Crippen LogP contribution in [0.5, 0.6) is 0 Å². The van der Waals surface area contributed by atoms with Gasteiger partial charge in [0.15, 0.2) is 0 Å². The molecule has 0 unspecified atom stereocenters. The van der Waals surface area contributed by atoms with Gasteiger partial charge in [-0.15, -0.1) is 0 Å². The second kappa shape index (κ2) is 37.6. The first kappa shape index (κ1) is 88.2. The molecule has 0 radical (unpaired) electrons. The molecule has 0 aliphatic rings. The molecule has 0 saturated carbocycles. The molecule has 0 heterocycles. The summed E-state index contributed by atoms with van der Waals surface area (Å²) in [4.78, 5) is 0. The van der Waals surface area contributed by atoms with E-state index in [2.05, 4.69) is 582 Å². The highest BCUT2D eigenvalue weighted by molar-refractivity contribution is 6.30. The van der Waals surface area contributed by atoms with Crippen molar-refractivity contribution in [1.82, 2.24) is 0 Å². The van der Waals surface area contributed by atoms with Crippen molar-refractivity contribution in [3.05, 3.63) is 582 Å². The Balaban J connectivity index is 0.000000108. The molecule has 0 bridgehead atoms. The number of hydrogen-bond donors (Lipinski definition) is 0. The van der Waals surface area contributed by atoms with Crippen molar-refractivity contribution in [2.75, 3.05) is 0 Å². The summed E-state index contributed by atoms with van der Waals surface area (Å²) < 4.78 is 0. The zero-order valence-electron chi connectivity index (χ0n) is 82.4. The van der Waals surface area contributed by atoms with Crippen molar-refractivity contribution in [3.63, 3.8) is 0 Å². The van der Waals surface area contributed by atoms with Crippen LogP contribution in [0.15, 0.2) is 582 Å². The molecule has 0 heteroatoms. The van der Waals surface area contributed by atoms with Crippen LogP contribution >= 0.6 is 0 Å². The van der Waals surface area contributed by atoms with Gasteiger partial charge in [-0.3, -0.25) is 0 Å². The zero-order valence-corrected chi connectivity index (χ0v) is 82.4. The van der Waals surface area contributed by atoms with E-state index in [-0.39, 0.29) is 0 Å². The minimum absolute atomic E-state index is 1.22. The van der Waals surface area contributed by atoms with Crippen LogP contribution in [0.2, 0.25) is 0 Å². The molecule has 30 rings (SSSR count). The highest BCUT2D eigenvalue weighted by Crippen LogP contribution is 2.54. The molecule has 30 aromatic carbocycles. The fourth-order valence-electron chi connectivity index (χ4n) is 24.6. The summed E-state index contributed by atoms with van der Waals surface area (Å²) in [5, 5.41) is 37.9. The van der Waals surface area contributed by atoms with E-state index in [1.807, 2.05) is 0 Å². The van der Waals surface area contributed by atoms with E-state index in [1.54, 1.807) is 0 Å². The van der Waals surface area contributed by atoms with Gasteiger partial charge in [-0.1, -0.05) is 540 Å². The van der Waals surface area contributed by atoms with E-state index >= 15 is 0 Å². The molecule has 0 aromatic heterocycles. The van der Waals surface area contributed by atoms with Crippen molar-refractivity contribution < 1.29 is 0 Å². The third kappa shape index (κ3) is 15.4. The molecule has 0 aliphatic heterocycles. The largest absolute Gasteiger partial charge is 0.0622 e. The summed E-state index contributed by atoms with van der Waals surface area (Å²) >= 11 is 0. The van der Waals surface area contributed by atoms with Crippen LogP contribution in [-0.4, -0.2) is 0 Å². The standard InChI is InChI=1S/C52H34.C50H32.C48H30/c1-4-16-35(17-5-1)36-28-30-39(31-29-36)50-42-23-11-14-26-45(42)52(46-27-15-12-24-43(46)50)40-32-33-47-48(34-40)51(38-20-8-3-9-21-38)44-25-13-10-22-41(44)49(47)37-18-6-2-7-19-37;1-3-16-34(17-4-1)47-39-21-9-10-22-40(39)48(35-18-5-2-6-19-35)46-32-38(29-30-45(46)47)50-43-25-13-11-23-41(43)49(42-24-12-14-26-44(42)50)37-28-27-33-15-7-8-20-36(33)31-37;1-3-13-33-27-37(23-21-31(33)11-1)47-42-19-9-10-20-43(42)48(38-24-22-32-12-2-4-14-34(32)28-38)46-30-36(25-26-44(46)47)45-29-35-15-5-6-16-39(35)40-17-7-8-18-41(40)45/h1-34H;1-32H;1-30H. The van der Waals surface area contributed by atoms with Gasteiger partial charge in [0.1, 0.15) is 0 Å². The maximum Gasteiger partial charge on any atom is -0.00259 e. The van der Waals surface area contributed by atoms with Gasteiger partial charge in [0.05, 0.1) is 0 Å². The first-order valence-electron chi connectivity index (χ1n) is 52.1. The SMILES string of the molecule is c1ccc(-c2c3ccccc3c(-c3ccccc3)c3cc(-c4c5ccccc5c(-c5ccc6ccccc6c5)c5ccccc45)ccc23)cc1.c1ccc(-c2ccc(-c3c4ccccc4c(-c4ccc5c(-c6ccccc6)c6ccccc6c(-c6ccccc6)c5c4)c4ccccc34)cc2)cc1.c1ccc2cc(-c3c4ccccc4c(-c4ccc5ccccc5c4)c4cc(-c5cc6ccccc6c6ccccc56)ccc34)ccc2c1. The lowest BCUT2D eigenvalue weighted by Crippen LogP contribution is -1.93. The Morgan fingerprint density at radius 3 is 0.533 bits per heavy atom. The van der Waals surface area contributed by atoms with Crippen molar-refractivity contribution in [1.29, 1.82) is 0 Å². The van der Waals surface area contributed by atoms with Crippen LogP contribution in [0.3, 0.4) is 0 Å². The summed E-state index contributed by atoms with van der Waals surface area (Å²) in [5.74, 6) is 0. The van der Waals surface area contributed by atoms with Crippen molar-refractivity contribution in [3.8, 4) is 134 Å². The van der Waals surface area contributed by atoms with Gasteiger partial charge < -0.3 is 0 Å². The Hall–Kier alpha value is -19.5. The van der Waals surface area contributed by atoms with E-state index in [9.17, 15) is 0 Å². The molecule has 696 valence electrons. The number of rotatable bonds is 12. The molecule has 150 heavy (non-hydrogen) atoms. The van der Waals surface area contributed by atoms with Crippen LogP contribution in [-0.2, 0) is 0 Å². The van der Waals surface area contributed by atoms with Crippen molar-refractivity contribution in [2.24, 2.45) is 0 Å². The Labute approximate surface area is 870 Å². The topological polar surface area (TPSA) is 0 Å². The molecule has 0 atom stereocenters. The Bertz CT molecular complexity index is 10500. The molecule has 0 amide bonds. The van der Waals surface area contributed by atoms with Crippen LogP contribution < -0.4 is 0 Å². The highest BCUT2D eigenvalue weighted by Gasteiger charge is 2.27. The molecular weight excluding hydrogens is 1800 g/mol. The Morgan fingerprint density at radius 1 is 0.0667 bits per heavy atom. The third-order valence-corrected chi connectivity index (χ3v) is 31.2. The van der Waals surface area contributed by atoms with Gasteiger partial charge in [-0.25, -0.2) is 0 Å². The summed E-state index contributed by atoms with van der Waals surface area (Å²) in [6.07, 6.45) is 0. The summed E-state index contributed by atoms with van der Waals surface area (Å²) in [6, 6.07) is 214. The van der Waals surface area contributed by atoms with Crippen LogP contribution in [0, 0.1) is 0 Å². The fraction of sp³-hybridized carbons (Fsp3) is 0. The molecule has 0 aliphatic carbocycles. The predicted octanol–water partition coefficient (Wildman–Crippen LogP) is 42.4. The summed E-state index contributed by atoms with van der Waals surface area (Å²) in [6.45, 7) is 0. The number of fused-ring (bicyclic) bond motifs is 16.